The average Bonchev–Trinajstić information content (AvgIpc) is 2.78. The minimum Gasteiger partial charge on any atom is -0.466 e. The van der Waals surface area contributed by atoms with Crippen molar-refractivity contribution in [3.05, 3.63) is 41.0 Å². The maximum absolute atomic E-state index is 11.5. The molecule has 0 atom stereocenters. The maximum atomic E-state index is 11.5. The highest BCUT2D eigenvalue weighted by atomic mass is 79.9. The Kier molecular flexibility index (Phi) is 4.21. The van der Waals surface area contributed by atoms with Crippen molar-refractivity contribution in [2.45, 2.75) is 0 Å². The number of hydrogen-bond donors (Lipinski definition) is 0. The van der Waals surface area contributed by atoms with Gasteiger partial charge in [-0.15, -0.1) is 5.10 Å². The Hall–Kier alpha value is -1.82. The van der Waals surface area contributed by atoms with Gasteiger partial charge in [0.05, 0.1) is 10.2 Å². The molecule has 0 aliphatic rings. The highest BCUT2D eigenvalue weighted by molar-refractivity contribution is 9.10. The zero-order valence-electron chi connectivity index (χ0n) is 10.7. The summed E-state index contributed by atoms with van der Waals surface area (Å²) in [5, 5.41) is 4.29. The van der Waals surface area contributed by atoms with Gasteiger partial charge >= 0.3 is 0 Å². The second-order valence-electron chi connectivity index (χ2n) is 4.14. The summed E-state index contributed by atoms with van der Waals surface area (Å²) in [6.07, 6.45) is 1.80. The van der Waals surface area contributed by atoms with Crippen LogP contribution < -0.4 is 4.74 Å². The molecule has 0 aliphatic carbocycles. The number of halogens is 1. The van der Waals surface area contributed by atoms with Gasteiger partial charge in [-0.2, -0.15) is 0 Å². The molecule has 0 N–H and O–H groups in total. The summed E-state index contributed by atoms with van der Waals surface area (Å²) in [7, 11) is 3.37. The van der Waals surface area contributed by atoms with E-state index in [1.54, 1.807) is 25.0 Å². The van der Waals surface area contributed by atoms with Crippen LogP contribution in [0.2, 0.25) is 0 Å². The van der Waals surface area contributed by atoms with Crippen LogP contribution in [0.25, 0.3) is 5.69 Å². The molecule has 0 unspecified atom stereocenters. The number of benzene rings is 1. The number of rotatable bonds is 4. The molecule has 19 heavy (non-hydrogen) atoms. The Morgan fingerprint density at radius 2 is 2.05 bits per heavy atom. The van der Waals surface area contributed by atoms with E-state index in [1.807, 2.05) is 30.3 Å². The quantitative estimate of drug-likeness (QED) is 0.865. The average molecular weight is 324 g/mol. The molecule has 1 aromatic carbocycles. The number of hydrogen-bond acceptors (Lipinski definition) is 3. The van der Waals surface area contributed by atoms with Gasteiger partial charge in [0.15, 0.2) is 6.61 Å². The van der Waals surface area contributed by atoms with Crippen LogP contribution in [0.3, 0.4) is 0 Å². The second kappa shape index (κ2) is 5.88. The van der Waals surface area contributed by atoms with Crippen molar-refractivity contribution in [2.75, 3.05) is 20.7 Å². The van der Waals surface area contributed by atoms with E-state index in [4.69, 9.17) is 4.74 Å². The van der Waals surface area contributed by atoms with Gasteiger partial charge < -0.3 is 9.64 Å². The van der Waals surface area contributed by atoms with Crippen LogP contribution in [0.5, 0.6) is 5.88 Å². The van der Waals surface area contributed by atoms with Crippen LogP contribution in [0.1, 0.15) is 0 Å². The maximum Gasteiger partial charge on any atom is 0.260 e. The zero-order chi connectivity index (χ0) is 13.8. The van der Waals surface area contributed by atoms with Crippen molar-refractivity contribution in [1.29, 1.82) is 0 Å². The molecule has 0 saturated carbocycles. The molecule has 0 fully saturated rings. The number of ether oxygens (including phenoxy) is 1. The second-order valence-corrected chi connectivity index (χ2v) is 4.99. The molecule has 0 saturated heterocycles. The van der Waals surface area contributed by atoms with Gasteiger partial charge in [0.1, 0.15) is 0 Å². The first-order valence-electron chi connectivity index (χ1n) is 5.71. The molecule has 1 amide bonds. The molecule has 6 heteroatoms. The molecule has 2 aromatic rings. The summed E-state index contributed by atoms with van der Waals surface area (Å²) < 4.78 is 7.80. The number of para-hydroxylation sites is 1. The van der Waals surface area contributed by atoms with Crippen LogP contribution in [-0.2, 0) is 4.79 Å². The first kappa shape index (κ1) is 13.6. The van der Waals surface area contributed by atoms with Crippen molar-refractivity contribution in [3.63, 3.8) is 0 Å². The van der Waals surface area contributed by atoms with Crippen LogP contribution >= 0.6 is 15.9 Å². The molecule has 0 bridgehead atoms. The van der Waals surface area contributed by atoms with E-state index in [9.17, 15) is 4.79 Å². The summed E-state index contributed by atoms with van der Waals surface area (Å²) in [6.45, 7) is -0.0304. The van der Waals surface area contributed by atoms with Crippen molar-refractivity contribution in [1.82, 2.24) is 14.7 Å². The Balaban J connectivity index is 2.12. The predicted octanol–water partition coefficient (Wildman–Crippen LogP) is 2.10. The lowest BCUT2D eigenvalue weighted by Crippen LogP contribution is -2.27. The van der Waals surface area contributed by atoms with E-state index in [1.165, 1.54) is 4.90 Å². The first-order valence-corrected chi connectivity index (χ1v) is 6.51. The fourth-order valence-corrected chi connectivity index (χ4v) is 1.79. The van der Waals surface area contributed by atoms with Crippen LogP contribution in [-0.4, -0.2) is 41.3 Å². The minimum absolute atomic E-state index is 0.0304. The van der Waals surface area contributed by atoms with E-state index in [-0.39, 0.29) is 12.5 Å². The van der Waals surface area contributed by atoms with Crippen LogP contribution in [0, 0.1) is 0 Å². The van der Waals surface area contributed by atoms with Gasteiger partial charge in [-0.25, -0.2) is 4.68 Å². The van der Waals surface area contributed by atoms with Crippen LogP contribution in [0.15, 0.2) is 41.0 Å². The lowest BCUT2D eigenvalue weighted by Gasteiger charge is -2.09. The highest BCUT2D eigenvalue weighted by Crippen LogP contribution is 2.24. The van der Waals surface area contributed by atoms with Crippen molar-refractivity contribution in [3.8, 4) is 11.6 Å². The third-order valence-electron chi connectivity index (χ3n) is 2.49. The summed E-state index contributed by atoms with van der Waals surface area (Å²) >= 11 is 3.37. The van der Waals surface area contributed by atoms with Crippen molar-refractivity contribution >= 4 is 21.8 Å². The molecule has 1 heterocycles. The number of nitrogens with zero attached hydrogens (tertiary/aromatic N) is 3. The van der Waals surface area contributed by atoms with Gasteiger partial charge in [0.25, 0.3) is 5.91 Å². The van der Waals surface area contributed by atoms with Gasteiger partial charge in [-0.05, 0) is 28.1 Å². The topological polar surface area (TPSA) is 47.4 Å². The molecule has 100 valence electrons. The van der Waals surface area contributed by atoms with Crippen molar-refractivity contribution in [2.24, 2.45) is 0 Å². The van der Waals surface area contributed by atoms with Gasteiger partial charge in [0, 0.05) is 20.3 Å². The van der Waals surface area contributed by atoms with E-state index in [0.717, 1.165) is 5.69 Å². The van der Waals surface area contributed by atoms with Crippen LogP contribution in [0.4, 0.5) is 0 Å². The zero-order valence-corrected chi connectivity index (χ0v) is 12.3. The number of amides is 1. The molecule has 2 rings (SSSR count). The summed E-state index contributed by atoms with van der Waals surface area (Å²) in [5.74, 6) is 0.292. The number of aromatic nitrogens is 2. The Labute approximate surface area is 119 Å². The van der Waals surface area contributed by atoms with Gasteiger partial charge in [0.2, 0.25) is 5.88 Å². The predicted molar refractivity (Wildman–Crippen MR) is 75.5 cm³/mol. The Morgan fingerprint density at radius 1 is 1.37 bits per heavy atom. The number of carbonyl (C=O) groups is 1. The fraction of sp³-hybridized carbons (Fsp3) is 0.231. The summed E-state index contributed by atoms with van der Waals surface area (Å²) in [4.78, 5) is 12.9. The third kappa shape index (κ3) is 3.35. The highest BCUT2D eigenvalue weighted by Gasteiger charge is 2.11. The first-order chi connectivity index (χ1) is 9.08. The van der Waals surface area contributed by atoms with Gasteiger partial charge in [-0.3, -0.25) is 4.79 Å². The van der Waals surface area contributed by atoms with Gasteiger partial charge in [-0.1, -0.05) is 18.2 Å². The normalized spacial score (nSPS) is 10.3. The van der Waals surface area contributed by atoms with Crippen molar-refractivity contribution < 1.29 is 9.53 Å². The molecule has 0 aliphatic heterocycles. The summed E-state index contributed by atoms with van der Waals surface area (Å²) in [6, 6.07) is 9.68. The molecule has 1 aromatic heterocycles. The Bertz CT molecular complexity index is 567. The fourth-order valence-electron chi connectivity index (χ4n) is 1.41. The number of likely N-dealkylation sites (N-methyl/N-ethyl adjacent to an activating group) is 1. The molecule has 0 spiro atoms. The smallest absolute Gasteiger partial charge is 0.260 e. The minimum atomic E-state index is -0.110. The summed E-state index contributed by atoms with van der Waals surface area (Å²) in [5.41, 5.74) is 0.928. The molecular formula is C13H14BrN3O2. The number of carbonyl (C=O) groups excluding carboxylic acids is 1. The Morgan fingerprint density at radius 3 is 2.68 bits per heavy atom. The van der Waals surface area contributed by atoms with E-state index in [0.29, 0.717) is 10.4 Å². The molecule has 5 nitrogen and oxygen atoms in total. The monoisotopic (exact) mass is 323 g/mol. The molecule has 0 radical (unpaired) electrons. The lowest BCUT2D eigenvalue weighted by molar-refractivity contribution is -0.130. The standard InChI is InChI=1S/C13H14BrN3O2/c1-16(2)12(18)9-19-13-11(14)8-17(15-13)10-6-4-3-5-7-10/h3-8H,9H2,1-2H3. The van der Waals surface area contributed by atoms with E-state index < -0.39 is 0 Å². The lowest BCUT2D eigenvalue weighted by atomic mass is 10.3. The largest absolute Gasteiger partial charge is 0.466 e. The SMILES string of the molecule is CN(C)C(=O)COc1nn(-c2ccccc2)cc1Br. The third-order valence-corrected chi connectivity index (χ3v) is 3.03. The van der Waals surface area contributed by atoms with E-state index >= 15 is 0 Å². The van der Waals surface area contributed by atoms with E-state index in [2.05, 4.69) is 21.0 Å². The molecular weight excluding hydrogens is 310 g/mol.